The monoisotopic (exact) mass is 602 g/mol. The topological polar surface area (TPSA) is 149 Å². The number of ether oxygens (including phenoxy) is 2. The first-order valence-electron chi connectivity index (χ1n) is 11.2. The number of esters is 1. The minimum Gasteiger partial charge on any atom is -0.507 e. The van der Waals surface area contributed by atoms with Gasteiger partial charge in [0.25, 0.3) is 5.91 Å². The van der Waals surface area contributed by atoms with Crippen LogP contribution in [0.15, 0.2) is 39.8 Å². The van der Waals surface area contributed by atoms with Gasteiger partial charge in [-0.15, -0.1) is 0 Å². The Morgan fingerprint density at radius 1 is 1.19 bits per heavy atom. The van der Waals surface area contributed by atoms with E-state index in [1.165, 1.54) is 12.1 Å². The second-order valence-corrected chi connectivity index (χ2v) is 9.42. The molecule has 6 N–H and O–H groups in total. The second-order valence-electron chi connectivity index (χ2n) is 7.78. The molecule has 12 heteroatoms. The van der Waals surface area contributed by atoms with Crippen LogP contribution in [0.1, 0.15) is 42.1 Å². The molecule has 196 valence electrons. The van der Waals surface area contributed by atoms with Gasteiger partial charge in [0.15, 0.2) is 5.96 Å². The summed E-state index contributed by atoms with van der Waals surface area (Å²) in [6, 6.07) is 7.00. The van der Waals surface area contributed by atoms with Crippen LogP contribution in [0, 0.1) is 0 Å². The van der Waals surface area contributed by atoms with Crippen LogP contribution in [0.4, 0.5) is 0 Å². The Kier molecular flexibility index (Phi) is 12.1. The van der Waals surface area contributed by atoms with E-state index in [1.807, 2.05) is 6.92 Å². The lowest BCUT2D eigenvalue weighted by Crippen LogP contribution is -2.42. The summed E-state index contributed by atoms with van der Waals surface area (Å²) in [5.74, 6) is -1.14. The molecule has 0 aliphatic rings. The summed E-state index contributed by atoms with van der Waals surface area (Å²) >= 11 is 15.4. The van der Waals surface area contributed by atoms with Gasteiger partial charge in [-0.2, -0.15) is 0 Å². The van der Waals surface area contributed by atoms with Gasteiger partial charge in [-0.3, -0.25) is 9.79 Å². The number of nitrogens with two attached hydrogens (primary N) is 2. The van der Waals surface area contributed by atoms with Gasteiger partial charge in [0, 0.05) is 28.6 Å². The highest BCUT2D eigenvalue weighted by molar-refractivity contribution is 9.10. The number of nitrogens with zero attached hydrogens (tertiary/aromatic N) is 1. The molecule has 0 spiro atoms. The van der Waals surface area contributed by atoms with Crippen molar-refractivity contribution in [1.82, 2.24) is 5.32 Å². The fourth-order valence-electron chi connectivity index (χ4n) is 3.11. The van der Waals surface area contributed by atoms with Crippen molar-refractivity contribution in [3.8, 4) is 11.5 Å². The van der Waals surface area contributed by atoms with E-state index in [2.05, 4.69) is 26.2 Å². The van der Waals surface area contributed by atoms with Gasteiger partial charge in [-0.25, -0.2) is 4.79 Å². The Hall–Kier alpha value is -2.69. The highest BCUT2D eigenvalue weighted by Gasteiger charge is 2.24. The van der Waals surface area contributed by atoms with Gasteiger partial charge >= 0.3 is 5.97 Å². The fourth-order valence-corrected chi connectivity index (χ4v) is 3.96. The van der Waals surface area contributed by atoms with Crippen molar-refractivity contribution >= 4 is 57.0 Å². The number of rotatable bonds is 13. The Morgan fingerprint density at radius 3 is 2.61 bits per heavy atom. The number of nitrogens with one attached hydrogen (secondary N) is 1. The predicted octanol–water partition coefficient (Wildman–Crippen LogP) is 4.19. The molecule has 0 aliphatic heterocycles. The third kappa shape index (κ3) is 9.40. The normalized spacial score (nSPS) is 11.4. The number of phenolic OH excluding ortho intramolecular Hbond substituents is 1. The summed E-state index contributed by atoms with van der Waals surface area (Å²) in [5, 5.41) is 14.0. The van der Waals surface area contributed by atoms with E-state index in [0.29, 0.717) is 35.9 Å². The number of aromatic hydroxyl groups is 1. The van der Waals surface area contributed by atoms with Crippen LogP contribution >= 0.6 is 39.1 Å². The Labute approximate surface area is 228 Å². The largest absolute Gasteiger partial charge is 0.507 e. The van der Waals surface area contributed by atoms with E-state index in [1.54, 1.807) is 18.2 Å². The summed E-state index contributed by atoms with van der Waals surface area (Å²) in [6.45, 7) is 2.62. The van der Waals surface area contributed by atoms with Crippen LogP contribution in [0.3, 0.4) is 0 Å². The van der Waals surface area contributed by atoms with Crippen molar-refractivity contribution in [2.24, 2.45) is 16.5 Å². The Morgan fingerprint density at radius 2 is 1.94 bits per heavy atom. The van der Waals surface area contributed by atoms with Gasteiger partial charge in [0.05, 0.1) is 13.2 Å². The first kappa shape index (κ1) is 29.5. The van der Waals surface area contributed by atoms with Crippen molar-refractivity contribution in [1.29, 1.82) is 0 Å². The zero-order chi connectivity index (χ0) is 26.7. The van der Waals surface area contributed by atoms with Crippen LogP contribution in [-0.4, -0.2) is 48.7 Å². The molecule has 0 radical (unpaired) electrons. The zero-order valence-electron chi connectivity index (χ0n) is 19.7. The van der Waals surface area contributed by atoms with Crippen molar-refractivity contribution < 1.29 is 24.2 Å². The second kappa shape index (κ2) is 14.8. The molecule has 0 heterocycles. The molecule has 0 bridgehead atoms. The number of phenols is 1. The van der Waals surface area contributed by atoms with E-state index >= 15 is 0 Å². The maximum atomic E-state index is 13.0. The molecule has 0 fully saturated rings. The average molecular weight is 604 g/mol. The first-order chi connectivity index (χ1) is 17.1. The third-order valence-electron chi connectivity index (χ3n) is 4.91. The zero-order valence-corrected chi connectivity index (χ0v) is 22.8. The van der Waals surface area contributed by atoms with E-state index in [4.69, 9.17) is 44.1 Å². The van der Waals surface area contributed by atoms with Gasteiger partial charge < -0.3 is 31.4 Å². The third-order valence-corrected chi connectivity index (χ3v) is 6.29. The predicted molar refractivity (Wildman–Crippen MR) is 144 cm³/mol. The molecule has 0 saturated heterocycles. The van der Waals surface area contributed by atoms with Crippen molar-refractivity contribution in [3.63, 3.8) is 0 Å². The number of hydrogen-bond acceptors (Lipinski definition) is 6. The molecule has 1 amide bonds. The molecular formula is C24H29BrCl2N4O5. The van der Waals surface area contributed by atoms with Crippen molar-refractivity contribution in [2.75, 3.05) is 19.8 Å². The summed E-state index contributed by atoms with van der Waals surface area (Å²) in [4.78, 5) is 29.3. The van der Waals surface area contributed by atoms with E-state index < -0.39 is 17.9 Å². The van der Waals surface area contributed by atoms with E-state index in [9.17, 15) is 14.7 Å². The standard InChI is InChI=1S/C24H29BrCl2N4O5/c1-2-9-36-23(34)18(4-3-8-30-24(28)29)31-22(33)15-11-19(32)21(25)20(12-15)35-10-7-14-5-6-16(26)13-17(14)27/h5-6,11-13,18,32H,2-4,7-10H2,1H3,(H,31,33)(H4,28,29,30)/t18-/m0/s1. The Balaban J connectivity index is 2.11. The molecule has 0 aromatic heterocycles. The van der Waals surface area contributed by atoms with Gasteiger partial charge in [0.2, 0.25) is 0 Å². The first-order valence-corrected chi connectivity index (χ1v) is 12.8. The smallest absolute Gasteiger partial charge is 0.328 e. The molecule has 0 aliphatic carbocycles. The van der Waals surface area contributed by atoms with Gasteiger partial charge in [0.1, 0.15) is 22.0 Å². The number of hydrogen-bond donors (Lipinski definition) is 4. The highest BCUT2D eigenvalue weighted by Crippen LogP contribution is 2.35. The summed E-state index contributed by atoms with van der Waals surface area (Å²) in [5.41, 5.74) is 11.6. The summed E-state index contributed by atoms with van der Waals surface area (Å²) in [6.07, 6.45) is 1.82. The minimum absolute atomic E-state index is 0.0552. The maximum absolute atomic E-state index is 13.0. The Bertz CT molecular complexity index is 1100. The fraction of sp³-hybridized carbons (Fsp3) is 0.375. The number of halogens is 3. The quantitative estimate of drug-likeness (QED) is 0.116. The molecule has 2 aromatic carbocycles. The minimum atomic E-state index is -0.916. The van der Waals surface area contributed by atoms with Crippen LogP contribution < -0.4 is 21.5 Å². The van der Waals surface area contributed by atoms with Gasteiger partial charge in [-0.05, 0) is 65.0 Å². The van der Waals surface area contributed by atoms with Crippen molar-refractivity contribution in [2.45, 2.75) is 38.6 Å². The molecule has 36 heavy (non-hydrogen) atoms. The number of aliphatic imine (C=N–C) groups is 1. The maximum Gasteiger partial charge on any atom is 0.328 e. The number of guanidine groups is 1. The van der Waals surface area contributed by atoms with Gasteiger partial charge in [-0.1, -0.05) is 36.2 Å². The van der Waals surface area contributed by atoms with Crippen LogP contribution in [0.25, 0.3) is 0 Å². The summed E-state index contributed by atoms with van der Waals surface area (Å²) in [7, 11) is 0. The van der Waals surface area contributed by atoms with E-state index in [0.717, 1.165) is 5.56 Å². The molecule has 2 aromatic rings. The number of carbonyl (C=O) groups excluding carboxylic acids is 2. The SMILES string of the molecule is CCCOC(=O)[C@H](CCCN=C(N)N)NC(=O)c1cc(O)c(Br)c(OCCc2ccc(Cl)cc2Cl)c1. The average Bonchev–Trinajstić information content (AvgIpc) is 2.82. The van der Waals surface area contributed by atoms with Crippen LogP contribution in [0.2, 0.25) is 10.0 Å². The number of carbonyl (C=O) groups is 2. The van der Waals surface area contributed by atoms with E-state index in [-0.39, 0.29) is 47.1 Å². The lowest BCUT2D eigenvalue weighted by Gasteiger charge is -2.18. The molecule has 0 saturated carbocycles. The molecule has 2 rings (SSSR count). The molecule has 0 unspecified atom stereocenters. The number of amides is 1. The highest BCUT2D eigenvalue weighted by atomic mass is 79.9. The number of benzene rings is 2. The summed E-state index contributed by atoms with van der Waals surface area (Å²) < 4.78 is 11.3. The molecular weight excluding hydrogens is 575 g/mol. The van der Waals surface area contributed by atoms with Crippen molar-refractivity contribution in [3.05, 3.63) is 56.0 Å². The lowest BCUT2D eigenvalue weighted by atomic mass is 10.1. The van der Waals surface area contributed by atoms with Crippen LogP contribution in [-0.2, 0) is 16.0 Å². The van der Waals surface area contributed by atoms with Crippen LogP contribution in [0.5, 0.6) is 11.5 Å². The molecule has 1 atom stereocenters. The lowest BCUT2D eigenvalue weighted by molar-refractivity contribution is -0.146. The molecule has 9 nitrogen and oxygen atoms in total.